The molecule has 2 aromatic rings. The van der Waals surface area contributed by atoms with Crippen LogP contribution in [0.3, 0.4) is 0 Å². The number of aromatic nitrogens is 4. The number of fused-ring (bicyclic) bond motifs is 1. The van der Waals surface area contributed by atoms with Crippen LogP contribution in [0.5, 0.6) is 0 Å². The van der Waals surface area contributed by atoms with Crippen molar-refractivity contribution in [1.82, 2.24) is 19.3 Å². The molecule has 2 aromatic heterocycles. The van der Waals surface area contributed by atoms with Gasteiger partial charge in [-0.05, 0) is 32.6 Å². The second-order valence-corrected chi connectivity index (χ2v) is 6.09. The fourth-order valence-corrected chi connectivity index (χ4v) is 2.86. The van der Waals surface area contributed by atoms with Gasteiger partial charge in [0.25, 0.3) is 0 Å². The summed E-state index contributed by atoms with van der Waals surface area (Å²) >= 11 is 5.92. The van der Waals surface area contributed by atoms with E-state index in [0.717, 1.165) is 61.3 Å². The molecule has 116 valence electrons. The van der Waals surface area contributed by atoms with Crippen molar-refractivity contribution in [2.75, 3.05) is 19.1 Å². The molecule has 1 aliphatic carbocycles. The van der Waals surface area contributed by atoms with E-state index >= 15 is 0 Å². The Morgan fingerprint density at radius 1 is 1.38 bits per heavy atom. The first kappa shape index (κ1) is 14.9. The van der Waals surface area contributed by atoms with E-state index in [1.807, 2.05) is 11.6 Å². The van der Waals surface area contributed by atoms with Crippen LogP contribution in [-0.2, 0) is 24.2 Å². The van der Waals surface area contributed by atoms with Crippen molar-refractivity contribution in [3.63, 3.8) is 0 Å². The van der Waals surface area contributed by atoms with Crippen LogP contribution in [0.1, 0.15) is 31.3 Å². The molecule has 0 N–H and O–H groups in total. The Morgan fingerprint density at radius 2 is 2.19 bits per heavy atom. The average molecular weight is 311 g/mol. The van der Waals surface area contributed by atoms with E-state index in [1.54, 1.807) is 0 Å². The van der Waals surface area contributed by atoms with Gasteiger partial charge in [0.05, 0.1) is 12.3 Å². The van der Waals surface area contributed by atoms with Gasteiger partial charge in [0.2, 0.25) is 0 Å². The Morgan fingerprint density at radius 3 is 2.86 bits per heavy atom. The van der Waals surface area contributed by atoms with E-state index in [4.69, 9.17) is 21.3 Å². The first-order valence-electron chi connectivity index (χ1n) is 7.80. The minimum absolute atomic E-state index is 0.584. The van der Waals surface area contributed by atoms with Gasteiger partial charge in [0, 0.05) is 32.0 Å². The highest BCUT2D eigenvalue weighted by atomic mass is 35.5. The van der Waals surface area contributed by atoms with E-state index in [0.29, 0.717) is 5.88 Å². The topological polar surface area (TPSA) is 44.9 Å². The van der Waals surface area contributed by atoms with Crippen LogP contribution in [0, 0.1) is 12.8 Å². The van der Waals surface area contributed by atoms with Crippen molar-refractivity contribution in [3.8, 4) is 0 Å². The highest BCUT2D eigenvalue weighted by molar-refractivity contribution is 6.17. The Balaban J connectivity index is 1.82. The van der Waals surface area contributed by atoms with Gasteiger partial charge in [-0.15, -0.1) is 11.6 Å². The molecule has 21 heavy (non-hydrogen) atoms. The molecule has 0 unspecified atom stereocenters. The van der Waals surface area contributed by atoms with Crippen LogP contribution < -0.4 is 0 Å². The predicted molar refractivity (Wildman–Crippen MR) is 83.9 cm³/mol. The molecule has 0 aliphatic heterocycles. The van der Waals surface area contributed by atoms with Crippen LogP contribution in [0.2, 0.25) is 0 Å². The zero-order valence-corrected chi connectivity index (χ0v) is 13.6. The van der Waals surface area contributed by atoms with Crippen LogP contribution in [-0.4, -0.2) is 38.4 Å². The smallest absolute Gasteiger partial charge is 0.159 e. The third-order valence-electron chi connectivity index (χ3n) is 4.01. The number of halogens is 1. The standard InChI is InChI=1S/C15H23ClN4O/c1-3-20-15-14(11(2)18-20)17-13(6-7-16)19(15)8-9-21-10-12-4-5-12/h12H,3-10H2,1-2H3. The summed E-state index contributed by atoms with van der Waals surface area (Å²) in [5.74, 6) is 2.43. The number of aryl methyl sites for hydroxylation is 3. The number of hydrogen-bond acceptors (Lipinski definition) is 3. The zero-order valence-electron chi connectivity index (χ0n) is 12.8. The summed E-state index contributed by atoms with van der Waals surface area (Å²) in [5.41, 5.74) is 3.09. The Hall–Kier alpha value is -1.07. The summed E-state index contributed by atoms with van der Waals surface area (Å²) in [6.07, 6.45) is 3.44. The summed E-state index contributed by atoms with van der Waals surface area (Å²) < 4.78 is 10.0. The van der Waals surface area contributed by atoms with Crippen molar-refractivity contribution < 1.29 is 4.74 Å². The van der Waals surface area contributed by atoms with Crippen LogP contribution in [0.25, 0.3) is 11.2 Å². The highest BCUT2D eigenvalue weighted by Gasteiger charge is 2.21. The molecule has 6 heteroatoms. The van der Waals surface area contributed by atoms with E-state index in [-0.39, 0.29) is 0 Å². The minimum atomic E-state index is 0.584. The lowest BCUT2D eigenvalue weighted by molar-refractivity contribution is 0.117. The molecule has 1 aliphatic rings. The average Bonchev–Trinajstić information content (AvgIpc) is 3.16. The zero-order chi connectivity index (χ0) is 14.8. The van der Waals surface area contributed by atoms with Gasteiger partial charge >= 0.3 is 0 Å². The fraction of sp³-hybridized carbons (Fsp3) is 0.733. The van der Waals surface area contributed by atoms with Crippen molar-refractivity contribution in [2.45, 2.75) is 46.2 Å². The number of ether oxygens (including phenoxy) is 1. The van der Waals surface area contributed by atoms with Crippen molar-refractivity contribution in [3.05, 3.63) is 11.5 Å². The molecule has 1 fully saturated rings. The predicted octanol–water partition coefficient (Wildman–Crippen LogP) is 2.77. The molecule has 0 saturated heterocycles. The van der Waals surface area contributed by atoms with Crippen molar-refractivity contribution in [1.29, 1.82) is 0 Å². The maximum Gasteiger partial charge on any atom is 0.159 e. The molecule has 0 atom stereocenters. The lowest BCUT2D eigenvalue weighted by atomic mass is 10.4. The van der Waals surface area contributed by atoms with Crippen LogP contribution >= 0.6 is 11.6 Å². The molecule has 5 nitrogen and oxygen atoms in total. The minimum Gasteiger partial charge on any atom is -0.379 e. The van der Waals surface area contributed by atoms with Gasteiger partial charge in [0.1, 0.15) is 11.3 Å². The fourth-order valence-electron chi connectivity index (χ4n) is 2.69. The number of rotatable bonds is 8. The van der Waals surface area contributed by atoms with E-state index in [9.17, 15) is 0 Å². The third-order valence-corrected chi connectivity index (χ3v) is 4.19. The Bertz CT molecular complexity index is 615. The summed E-state index contributed by atoms with van der Waals surface area (Å²) in [6, 6.07) is 0. The van der Waals surface area contributed by atoms with E-state index < -0.39 is 0 Å². The van der Waals surface area contributed by atoms with Gasteiger partial charge in [-0.3, -0.25) is 0 Å². The molecular weight excluding hydrogens is 288 g/mol. The lowest BCUT2D eigenvalue weighted by Gasteiger charge is -2.10. The summed E-state index contributed by atoms with van der Waals surface area (Å²) in [6.45, 7) is 7.41. The van der Waals surface area contributed by atoms with Gasteiger partial charge in [0.15, 0.2) is 5.65 Å². The molecular formula is C15H23ClN4O. The first-order chi connectivity index (χ1) is 10.2. The third kappa shape index (κ3) is 3.09. The molecule has 0 bridgehead atoms. The number of imidazole rings is 1. The number of alkyl halides is 1. The maximum absolute atomic E-state index is 5.92. The quantitative estimate of drug-likeness (QED) is 0.556. The van der Waals surface area contributed by atoms with Gasteiger partial charge < -0.3 is 9.30 Å². The van der Waals surface area contributed by atoms with Gasteiger partial charge in [-0.1, -0.05) is 0 Å². The second kappa shape index (κ2) is 6.36. The largest absolute Gasteiger partial charge is 0.379 e. The summed E-state index contributed by atoms with van der Waals surface area (Å²) in [5, 5.41) is 4.56. The maximum atomic E-state index is 5.92. The van der Waals surface area contributed by atoms with Crippen LogP contribution in [0.15, 0.2) is 0 Å². The molecule has 0 amide bonds. The summed E-state index contributed by atoms with van der Waals surface area (Å²) in [7, 11) is 0. The SMILES string of the molecule is CCn1nc(C)c2nc(CCCl)n(CCOCC3CC3)c21. The number of hydrogen-bond donors (Lipinski definition) is 0. The van der Waals surface area contributed by atoms with E-state index in [2.05, 4.69) is 16.6 Å². The molecule has 0 radical (unpaired) electrons. The monoisotopic (exact) mass is 310 g/mol. The molecule has 2 heterocycles. The van der Waals surface area contributed by atoms with E-state index in [1.165, 1.54) is 12.8 Å². The Labute approximate surface area is 130 Å². The first-order valence-corrected chi connectivity index (χ1v) is 8.34. The Kier molecular flexibility index (Phi) is 4.50. The van der Waals surface area contributed by atoms with Gasteiger partial charge in [-0.2, -0.15) is 5.10 Å². The van der Waals surface area contributed by atoms with Gasteiger partial charge in [-0.25, -0.2) is 9.67 Å². The number of nitrogens with zero attached hydrogens (tertiary/aromatic N) is 4. The lowest BCUT2D eigenvalue weighted by Crippen LogP contribution is -2.13. The molecule has 0 spiro atoms. The highest BCUT2D eigenvalue weighted by Crippen LogP contribution is 2.28. The molecule has 1 saturated carbocycles. The second-order valence-electron chi connectivity index (χ2n) is 5.71. The normalized spacial score (nSPS) is 15.2. The molecule has 0 aromatic carbocycles. The van der Waals surface area contributed by atoms with Crippen molar-refractivity contribution >= 4 is 22.8 Å². The molecule has 3 rings (SSSR count). The van der Waals surface area contributed by atoms with Crippen molar-refractivity contribution in [2.24, 2.45) is 5.92 Å². The summed E-state index contributed by atoms with van der Waals surface area (Å²) in [4.78, 5) is 4.74. The van der Waals surface area contributed by atoms with Crippen LogP contribution in [0.4, 0.5) is 0 Å².